The molecule has 102 valence electrons. The summed E-state index contributed by atoms with van der Waals surface area (Å²) in [6.45, 7) is -0.0797. The number of nitro benzene ring substituents is 1. The predicted molar refractivity (Wildman–Crippen MR) is 69.2 cm³/mol. The number of benzene rings is 2. The van der Waals surface area contributed by atoms with Gasteiger partial charge < -0.3 is 4.74 Å². The van der Waals surface area contributed by atoms with E-state index in [1.54, 1.807) is 18.2 Å². The summed E-state index contributed by atoms with van der Waals surface area (Å²) >= 11 is 0. The van der Waals surface area contributed by atoms with E-state index in [0.29, 0.717) is 11.8 Å². The van der Waals surface area contributed by atoms with Gasteiger partial charge in [-0.05, 0) is 24.3 Å². The Labute approximate surface area is 113 Å². The zero-order valence-electron chi connectivity index (χ0n) is 10.3. The van der Waals surface area contributed by atoms with Crippen molar-refractivity contribution >= 4 is 12.0 Å². The standard InChI is InChI=1S/C14H10FNO4/c15-12-5-6-14(11(7-12)8-17)20-9-10-3-1-2-4-13(10)16(18)19/h1-8H,9H2. The Kier molecular flexibility index (Phi) is 4.05. The summed E-state index contributed by atoms with van der Waals surface area (Å²) in [7, 11) is 0. The molecule has 0 aliphatic carbocycles. The lowest BCUT2D eigenvalue weighted by Crippen LogP contribution is -2.02. The van der Waals surface area contributed by atoms with Gasteiger partial charge in [0.1, 0.15) is 18.2 Å². The van der Waals surface area contributed by atoms with E-state index in [1.165, 1.54) is 12.1 Å². The zero-order chi connectivity index (χ0) is 14.5. The van der Waals surface area contributed by atoms with Crippen molar-refractivity contribution in [2.24, 2.45) is 0 Å². The molecule has 2 aromatic carbocycles. The minimum atomic E-state index is -0.551. The van der Waals surface area contributed by atoms with Gasteiger partial charge in [-0.15, -0.1) is 0 Å². The molecule has 5 nitrogen and oxygen atoms in total. The molecule has 6 heteroatoms. The van der Waals surface area contributed by atoms with E-state index in [1.807, 2.05) is 0 Å². The molecule has 0 amide bonds. The average molecular weight is 275 g/mol. The van der Waals surface area contributed by atoms with Crippen molar-refractivity contribution in [3.05, 3.63) is 69.5 Å². The van der Waals surface area contributed by atoms with Gasteiger partial charge in [0, 0.05) is 6.07 Å². The van der Waals surface area contributed by atoms with Gasteiger partial charge in [0.25, 0.3) is 5.69 Å². The molecular formula is C14H10FNO4. The van der Waals surface area contributed by atoms with Crippen molar-refractivity contribution < 1.29 is 18.8 Å². The molecule has 0 radical (unpaired) electrons. The van der Waals surface area contributed by atoms with Gasteiger partial charge in [0.05, 0.1) is 16.1 Å². The number of aldehydes is 1. The number of hydrogen-bond donors (Lipinski definition) is 0. The maximum absolute atomic E-state index is 13.0. The lowest BCUT2D eigenvalue weighted by Gasteiger charge is -2.08. The summed E-state index contributed by atoms with van der Waals surface area (Å²) in [5.74, 6) is -0.371. The Morgan fingerprint density at radius 1 is 1.25 bits per heavy atom. The number of para-hydroxylation sites is 1. The molecule has 0 saturated heterocycles. The van der Waals surface area contributed by atoms with E-state index in [9.17, 15) is 19.3 Å². The van der Waals surface area contributed by atoms with Crippen LogP contribution in [0.4, 0.5) is 10.1 Å². The smallest absolute Gasteiger partial charge is 0.276 e. The maximum Gasteiger partial charge on any atom is 0.276 e. The van der Waals surface area contributed by atoms with Crippen LogP contribution in [-0.2, 0) is 6.61 Å². The molecule has 0 fully saturated rings. The van der Waals surface area contributed by atoms with Gasteiger partial charge in [0.15, 0.2) is 6.29 Å². The molecule has 2 rings (SSSR count). The van der Waals surface area contributed by atoms with Crippen LogP contribution in [0.5, 0.6) is 5.75 Å². The van der Waals surface area contributed by atoms with Crippen LogP contribution in [0.1, 0.15) is 15.9 Å². The zero-order valence-corrected chi connectivity index (χ0v) is 10.3. The van der Waals surface area contributed by atoms with Crippen LogP contribution in [0, 0.1) is 15.9 Å². The molecule has 0 atom stereocenters. The van der Waals surface area contributed by atoms with Crippen LogP contribution in [0.2, 0.25) is 0 Å². The van der Waals surface area contributed by atoms with Crippen LogP contribution in [-0.4, -0.2) is 11.2 Å². The van der Waals surface area contributed by atoms with Crippen molar-refractivity contribution in [3.63, 3.8) is 0 Å². The summed E-state index contributed by atoms with van der Waals surface area (Å²) in [6.07, 6.45) is 0.470. The number of ether oxygens (including phenoxy) is 1. The first-order valence-electron chi connectivity index (χ1n) is 5.71. The van der Waals surface area contributed by atoms with Gasteiger partial charge in [-0.25, -0.2) is 4.39 Å². The highest BCUT2D eigenvalue weighted by Crippen LogP contribution is 2.22. The first kappa shape index (κ1) is 13.7. The quantitative estimate of drug-likeness (QED) is 0.477. The molecule has 0 spiro atoms. The second-order valence-corrected chi connectivity index (χ2v) is 3.97. The molecule has 2 aromatic rings. The average Bonchev–Trinajstić information content (AvgIpc) is 2.46. The highest BCUT2D eigenvalue weighted by Gasteiger charge is 2.13. The van der Waals surface area contributed by atoms with E-state index < -0.39 is 10.7 Å². The molecule has 20 heavy (non-hydrogen) atoms. The first-order valence-corrected chi connectivity index (χ1v) is 5.71. The number of nitro groups is 1. The Morgan fingerprint density at radius 2 is 2.00 bits per heavy atom. The number of rotatable bonds is 5. The molecule has 0 aliphatic heterocycles. The maximum atomic E-state index is 13.0. The van der Waals surface area contributed by atoms with Crippen molar-refractivity contribution in [1.29, 1.82) is 0 Å². The summed E-state index contributed by atoms with van der Waals surface area (Å²) in [5, 5.41) is 10.8. The second kappa shape index (κ2) is 5.92. The fourth-order valence-corrected chi connectivity index (χ4v) is 1.71. The van der Waals surface area contributed by atoms with E-state index in [-0.39, 0.29) is 23.6 Å². The van der Waals surface area contributed by atoms with Crippen molar-refractivity contribution in [2.45, 2.75) is 6.61 Å². The van der Waals surface area contributed by atoms with Gasteiger partial charge in [-0.1, -0.05) is 12.1 Å². The minimum absolute atomic E-state index is 0.0589. The van der Waals surface area contributed by atoms with Crippen LogP contribution in [0.15, 0.2) is 42.5 Å². The summed E-state index contributed by atoms with van der Waals surface area (Å²) in [6, 6.07) is 9.64. The summed E-state index contributed by atoms with van der Waals surface area (Å²) < 4.78 is 18.3. The normalized spacial score (nSPS) is 10.1. The fourth-order valence-electron chi connectivity index (χ4n) is 1.71. The number of carbonyl (C=O) groups is 1. The third-order valence-corrected chi connectivity index (χ3v) is 2.67. The fraction of sp³-hybridized carbons (Fsp3) is 0.0714. The summed E-state index contributed by atoms with van der Waals surface area (Å²) in [4.78, 5) is 21.1. The topological polar surface area (TPSA) is 69.4 Å². The van der Waals surface area contributed by atoms with Gasteiger partial charge in [0.2, 0.25) is 0 Å². The van der Waals surface area contributed by atoms with Gasteiger partial charge in [-0.3, -0.25) is 14.9 Å². The molecule has 0 aliphatic rings. The number of carbonyl (C=O) groups excluding carboxylic acids is 1. The SMILES string of the molecule is O=Cc1cc(F)ccc1OCc1ccccc1[N+](=O)[O-]. The van der Waals surface area contributed by atoms with Crippen molar-refractivity contribution in [3.8, 4) is 5.75 Å². The minimum Gasteiger partial charge on any atom is -0.488 e. The Morgan fingerprint density at radius 3 is 2.70 bits per heavy atom. The molecule has 0 heterocycles. The number of hydrogen-bond acceptors (Lipinski definition) is 4. The highest BCUT2D eigenvalue weighted by atomic mass is 19.1. The Bertz CT molecular complexity index is 657. The lowest BCUT2D eigenvalue weighted by molar-refractivity contribution is -0.385. The second-order valence-electron chi connectivity index (χ2n) is 3.97. The predicted octanol–water partition coefficient (Wildman–Crippen LogP) is 3.13. The van der Waals surface area contributed by atoms with Crippen LogP contribution in [0.25, 0.3) is 0 Å². The lowest BCUT2D eigenvalue weighted by atomic mass is 10.2. The van der Waals surface area contributed by atoms with Crippen LogP contribution in [0.3, 0.4) is 0 Å². The molecular weight excluding hydrogens is 265 g/mol. The number of nitrogens with zero attached hydrogens (tertiary/aromatic N) is 1. The molecule has 0 N–H and O–H groups in total. The van der Waals surface area contributed by atoms with Crippen molar-refractivity contribution in [1.82, 2.24) is 0 Å². The Balaban J connectivity index is 2.21. The monoisotopic (exact) mass is 275 g/mol. The van der Waals surface area contributed by atoms with E-state index >= 15 is 0 Å². The molecule has 0 saturated carbocycles. The third-order valence-electron chi connectivity index (χ3n) is 2.67. The van der Waals surface area contributed by atoms with E-state index in [4.69, 9.17) is 4.74 Å². The largest absolute Gasteiger partial charge is 0.488 e. The summed E-state index contributed by atoms with van der Waals surface area (Å²) in [5.41, 5.74) is 0.365. The van der Waals surface area contributed by atoms with Crippen molar-refractivity contribution in [2.75, 3.05) is 0 Å². The van der Waals surface area contributed by atoms with Gasteiger partial charge >= 0.3 is 0 Å². The number of halogens is 1. The van der Waals surface area contributed by atoms with Crippen LogP contribution < -0.4 is 4.74 Å². The third kappa shape index (κ3) is 2.97. The highest BCUT2D eigenvalue weighted by molar-refractivity contribution is 5.79. The molecule has 0 unspecified atom stereocenters. The molecule has 0 aromatic heterocycles. The first-order chi connectivity index (χ1) is 9.61. The molecule has 0 bridgehead atoms. The van der Waals surface area contributed by atoms with E-state index in [2.05, 4.69) is 0 Å². The van der Waals surface area contributed by atoms with Gasteiger partial charge in [-0.2, -0.15) is 0 Å². The van der Waals surface area contributed by atoms with E-state index in [0.717, 1.165) is 12.1 Å². The Hall–Kier alpha value is -2.76. The van der Waals surface area contributed by atoms with Crippen LogP contribution >= 0.6 is 0 Å².